The van der Waals surface area contributed by atoms with Crippen molar-refractivity contribution in [1.82, 2.24) is 0 Å². The first-order chi connectivity index (χ1) is 8.15. The number of rotatable bonds is 4. The fraction of sp³-hybridized carbons (Fsp3) is 0.462. The van der Waals surface area contributed by atoms with Crippen molar-refractivity contribution in [3.63, 3.8) is 0 Å². The molecule has 0 unspecified atom stereocenters. The maximum absolute atomic E-state index is 13.3. The van der Waals surface area contributed by atoms with Gasteiger partial charge >= 0.3 is 0 Å². The molecule has 2 nitrogen and oxygen atoms in total. The van der Waals surface area contributed by atoms with E-state index in [1.54, 1.807) is 6.07 Å². The number of benzene rings is 1. The van der Waals surface area contributed by atoms with Crippen molar-refractivity contribution in [3.8, 4) is 0 Å². The van der Waals surface area contributed by atoms with E-state index in [-0.39, 0.29) is 10.8 Å². The fourth-order valence-electron chi connectivity index (χ4n) is 2.15. The molecule has 0 atom stereocenters. The van der Waals surface area contributed by atoms with Gasteiger partial charge in [0, 0.05) is 5.56 Å². The molecular weight excluding hydrogens is 237 g/mol. The average Bonchev–Trinajstić information content (AvgIpc) is 2.78. The Balaban J connectivity index is 2.01. The minimum absolute atomic E-state index is 0.214. The van der Waals surface area contributed by atoms with Crippen LogP contribution in [0.15, 0.2) is 18.2 Å². The quantitative estimate of drug-likeness (QED) is 0.838. The van der Waals surface area contributed by atoms with Gasteiger partial charge < -0.3 is 10.5 Å². The van der Waals surface area contributed by atoms with Crippen molar-refractivity contribution >= 4 is 17.2 Å². The first kappa shape index (κ1) is 12.5. The second kappa shape index (κ2) is 5.56. The third-order valence-electron chi connectivity index (χ3n) is 3.03. The van der Waals surface area contributed by atoms with Gasteiger partial charge in [0.2, 0.25) is 0 Å². The third kappa shape index (κ3) is 3.48. The summed E-state index contributed by atoms with van der Waals surface area (Å²) in [5, 5.41) is 0. The van der Waals surface area contributed by atoms with Crippen LogP contribution in [-0.4, -0.2) is 11.1 Å². The molecule has 0 aliphatic heterocycles. The Bertz CT molecular complexity index is 416. The van der Waals surface area contributed by atoms with Crippen molar-refractivity contribution in [3.05, 3.63) is 35.1 Å². The topological polar surface area (TPSA) is 35.2 Å². The van der Waals surface area contributed by atoms with E-state index in [0.717, 1.165) is 18.4 Å². The second-order valence-corrected chi connectivity index (χ2v) is 4.87. The highest BCUT2D eigenvalue weighted by atomic mass is 32.1. The highest BCUT2D eigenvalue weighted by Crippen LogP contribution is 2.22. The molecule has 92 valence electrons. The van der Waals surface area contributed by atoms with Gasteiger partial charge in [0.05, 0.1) is 12.7 Å². The molecule has 0 heterocycles. The van der Waals surface area contributed by atoms with E-state index in [9.17, 15) is 4.39 Å². The SMILES string of the molecule is NC(=S)c1cc(F)cc(COC2CCCC2)c1. The van der Waals surface area contributed by atoms with Crippen LogP contribution in [-0.2, 0) is 11.3 Å². The molecule has 0 bridgehead atoms. The van der Waals surface area contributed by atoms with Crippen LogP contribution in [0.2, 0.25) is 0 Å². The molecule has 0 saturated heterocycles. The van der Waals surface area contributed by atoms with Crippen LogP contribution in [0.4, 0.5) is 4.39 Å². The van der Waals surface area contributed by atoms with Gasteiger partial charge in [0.15, 0.2) is 0 Å². The largest absolute Gasteiger partial charge is 0.389 e. The molecular formula is C13H16FNOS. The zero-order valence-corrected chi connectivity index (χ0v) is 10.4. The molecule has 17 heavy (non-hydrogen) atoms. The molecule has 1 aromatic carbocycles. The van der Waals surface area contributed by atoms with Crippen molar-refractivity contribution in [2.24, 2.45) is 5.73 Å². The monoisotopic (exact) mass is 253 g/mol. The lowest BCUT2D eigenvalue weighted by molar-refractivity contribution is 0.0455. The van der Waals surface area contributed by atoms with Gasteiger partial charge in [-0.3, -0.25) is 0 Å². The maximum atomic E-state index is 13.3. The van der Waals surface area contributed by atoms with E-state index in [1.807, 2.05) is 0 Å². The maximum Gasteiger partial charge on any atom is 0.124 e. The van der Waals surface area contributed by atoms with Crippen LogP contribution in [0.25, 0.3) is 0 Å². The Morgan fingerprint density at radius 3 is 2.71 bits per heavy atom. The van der Waals surface area contributed by atoms with Crippen molar-refractivity contribution in [2.45, 2.75) is 38.4 Å². The highest BCUT2D eigenvalue weighted by Gasteiger charge is 2.15. The van der Waals surface area contributed by atoms with Gasteiger partial charge in [-0.2, -0.15) is 0 Å². The summed E-state index contributed by atoms with van der Waals surface area (Å²) < 4.78 is 19.0. The van der Waals surface area contributed by atoms with Gasteiger partial charge in [-0.15, -0.1) is 0 Å². The summed E-state index contributed by atoms with van der Waals surface area (Å²) in [6, 6.07) is 4.61. The van der Waals surface area contributed by atoms with Crippen LogP contribution in [0, 0.1) is 5.82 Å². The summed E-state index contributed by atoms with van der Waals surface area (Å²) in [5.41, 5.74) is 6.85. The Morgan fingerprint density at radius 2 is 2.06 bits per heavy atom. The number of hydrogen-bond donors (Lipinski definition) is 1. The van der Waals surface area contributed by atoms with Crippen molar-refractivity contribution in [1.29, 1.82) is 0 Å². The Kier molecular flexibility index (Phi) is 4.07. The van der Waals surface area contributed by atoms with E-state index in [2.05, 4.69) is 0 Å². The van der Waals surface area contributed by atoms with Gasteiger partial charge in [-0.05, 0) is 36.6 Å². The van der Waals surface area contributed by atoms with Gasteiger partial charge in [0.25, 0.3) is 0 Å². The summed E-state index contributed by atoms with van der Waals surface area (Å²) in [6.45, 7) is 0.429. The Hall–Kier alpha value is -1.00. The molecule has 0 aromatic heterocycles. The predicted molar refractivity (Wildman–Crippen MR) is 69.3 cm³/mol. The molecule has 0 amide bonds. The van der Waals surface area contributed by atoms with E-state index in [4.69, 9.17) is 22.7 Å². The Labute approximate surface area is 106 Å². The zero-order valence-electron chi connectivity index (χ0n) is 9.62. The van der Waals surface area contributed by atoms with Gasteiger partial charge in [0.1, 0.15) is 10.8 Å². The van der Waals surface area contributed by atoms with Crippen LogP contribution in [0.1, 0.15) is 36.8 Å². The number of hydrogen-bond acceptors (Lipinski definition) is 2. The predicted octanol–water partition coefficient (Wildman–Crippen LogP) is 2.92. The van der Waals surface area contributed by atoms with E-state index in [1.165, 1.54) is 25.0 Å². The normalized spacial score (nSPS) is 16.3. The molecule has 1 saturated carbocycles. The van der Waals surface area contributed by atoms with Crippen LogP contribution in [0.3, 0.4) is 0 Å². The van der Waals surface area contributed by atoms with Crippen molar-refractivity contribution < 1.29 is 9.13 Å². The molecule has 2 N–H and O–H groups in total. The van der Waals surface area contributed by atoms with Gasteiger partial charge in [-0.1, -0.05) is 25.1 Å². The average molecular weight is 253 g/mol. The van der Waals surface area contributed by atoms with Crippen LogP contribution < -0.4 is 5.73 Å². The minimum Gasteiger partial charge on any atom is -0.389 e. The smallest absolute Gasteiger partial charge is 0.124 e. The molecule has 1 aliphatic carbocycles. The van der Waals surface area contributed by atoms with E-state index in [0.29, 0.717) is 18.3 Å². The van der Waals surface area contributed by atoms with E-state index >= 15 is 0 Å². The lowest BCUT2D eigenvalue weighted by atomic mass is 10.1. The zero-order chi connectivity index (χ0) is 12.3. The summed E-state index contributed by atoms with van der Waals surface area (Å²) in [5.74, 6) is -0.319. The number of ether oxygens (including phenoxy) is 1. The molecule has 2 rings (SSSR count). The lowest BCUT2D eigenvalue weighted by Crippen LogP contribution is -2.11. The van der Waals surface area contributed by atoms with E-state index < -0.39 is 0 Å². The molecule has 1 aromatic rings. The molecule has 4 heteroatoms. The van der Waals surface area contributed by atoms with Crippen molar-refractivity contribution in [2.75, 3.05) is 0 Å². The first-order valence-electron chi connectivity index (χ1n) is 5.86. The first-order valence-corrected chi connectivity index (χ1v) is 6.27. The summed E-state index contributed by atoms with van der Waals surface area (Å²) in [7, 11) is 0. The molecule has 1 fully saturated rings. The molecule has 0 spiro atoms. The summed E-state index contributed by atoms with van der Waals surface area (Å²) in [4.78, 5) is 0.214. The second-order valence-electron chi connectivity index (χ2n) is 4.43. The third-order valence-corrected chi connectivity index (χ3v) is 3.27. The number of halogens is 1. The standard InChI is InChI=1S/C13H16FNOS/c14-11-6-9(5-10(7-11)13(15)17)8-16-12-3-1-2-4-12/h5-7,12H,1-4,8H2,(H2,15,17). The van der Waals surface area contributed by atoms with Crippen LogP contribution >= 0.6 is 12.2 Å². The van der Waals surface area contributed by atoms with Gasteiger partial charge in [-0.25, -0.2) is 4.39 Å². The molecule has 0 radical (unpaired) electrons. The fourth-order valence-corrected chi connectivity index (χ4v) is 2.26. The minimum atomic E-state index is -0.319. The number of nitrogens with two attached hydrogens (primary N) is 1. The number of thiocarbonyl (C=S) groups is 1. The summed E-state index contributed by atoms with van der Waals surface area (Å²) in [6.07, 6.45) is 5.00. The lowest BCUT2D eigenvalue weighted by Gasteiger charge is -2.11. The summed E-state index contributed by atoms with van der Waals surface area (Å²) >= 11 is 4.84. The Morgan fingerprint density at radius 1 is 1.35 bits per heavy atom. The highest BCUT2D eigenvalue weighted by molar-refractivity contribution is 7.80. The molecule has 1 aliphatic rings. The van der Waals surface area contributed by atoms with Crippen LogP contribution in [0.5, 0.6) is 0 Å².